The van der Waals surface area contributed by atoms with Crippen LogP contribution in [-0.4, -0.2) is 32.3 Å². The molecular formula is C14H20N4O2. The van der Waals surface area contributed by atoms with Crippen LogP contribution >= 0.6 is 0 Å². The molecule has 0 aliphatic carbocycles. The minimum atomic E-state index is 0.0884. The summed E-state index contributed by atoms with van der Waals surface area (Å²) in [6, 6.07) is 3.42. The summed E-state index contributed by atoms with van der Waals surface area (Å²) in [4.78, 5) is 15.7. The van der Waals surface area contributed by atoms with Gasteiger partial charge >= 0.3 is 0 Å². The summed E-state index contributed by atoms with van der Waals surface area (Å²) in [7, 11) is 1.55. The first-order valence-electron chi connectivity index (χ1n) is 6.62. The van der Waals surface area contributed by atoms with Gasteiger partial charge in [0.2, 0.25) is 5.91 Å². The molecule has 1 amide bonds. The smallest absolute Gasteiger partial charge is 0.223 e. The minimum absolute atomic E-state index is 0.0884. The van der Waals surface area contributed by atoms with Crippen molar-refractivity contribution in [3.63, 3.8) is 0 Å². The topological polar surface area (TPSA) is 103 Å². The van der Waals surface area contributed by atoms with Crippen molar-refractivity contribution >= 4 is 23.5 Å². The molecule has 1 fully saturated rings. The number of benzene rings is 1. The maximum atomic E-state index is 11.4. The summed E-state index contributed by atoms with van der Waals surface area (Å²) >= 11 is 0. The quantitative estimate of drug-likeness (QED) is 0.547. The first kappa shape index (κ1) is 14.2. The van der Waals surface area contributed by atoms with Crippen molar-refractivity contribution in [2.24, 2.45) is 10.9 Å². The predicted octanol–water partition coefficient (Wildman–Crippen LogP) is 0.805. The Hall–Kier alpha value is -2.24. The lowest BCUT2D eigenvalue weighted by Crippen LogP contribution is -2.19. The summed E-state index contributed by atoms with van der Waals surface area (Å²) in [5, 5.41) is 2.82. The second-order valence-electron chi connectivity index (χ2n) is 4.82. The van der Waals surface area contributed by atoms with Gasteiger partial charge in [0.25, 0.3) is 0 Å². The van der Waals surface area contributed by atoms with E-state index in [0.29, 0.717) is 23.7 Å². The monoisotopic (exact) mass is 276 g/mol. The van der Waals surface area contributed by atoms with E-state index in [0.717, 1.165) is 24.9 Å². The number of ether oxygens (including phenoxy) is 1. The van der Waals surface area contributed by atoms with Gasteiger partial charge in [-0.3, -0.25) is 9.79 Å². The molecule has 6 nitrogen and oxygen atoms in total. The summed E-state index contributed by atoms with van der Waals surface area (Å²) < 4.78 is 5.09. The third kappa shape index (κ3) is 3.20. The third-order valence-corrected chi connectivity index (χ3v) is 3.44. The van der Waals surface area contributed by atoms with Crippen LogP contribution < -0.4 is 21.5 Å². The Kier molecular flexibility index (Phi) is 4.45. The van der Waals surface area contributed by atoms with Gasteiger partial charge in [-0.05, 0) is 18.9 Å². The maximum Gasteiger partial charge on any atom is 0.223 e. The average Bonchev–Trinajstić information content (AvgIpc) is 2.83. The van der Waals surface area contributed by atoms with Crippen LogP contribution in [0.1, 0.15) is 18.4 Å². The minimum Gasteiger partial charge on any atom is -0.495 e. The molecular weight excluding hydrogens is 256 g/mol. The van der Waals surface area contributed by atoms with Crippen LogP contribution in [0.2, 0.25) is 0 Å². The van der Waals surface area contributed by atoms with E-state index in [1.807, 2.05) is 0 Å². The van der Waals surface area contributed by atoms with Gasteiger partial charge in [-0.2, -0.15) is 0 Å². The van der Waals surface area contributed by atoms with Gasteiger partial charge in [0, 0.05) is 42.5 Å². The number of nitrogens with one attached hydrogen (secondary N) is 1. The fourth-order valence-electron chi connectivity index (χ4n) is 2.23. The molecule has 0 bridgehead atoms. The predicted molar refractivity (Wildman–Crippen MR) is 80.0 cm³/mol. The molecule has 1 aromatic carbocycles. The fourth-order valence-corrected chi connectivity index (χ4v) is 2.23. The molecule has 1 heterocycles. The summed E-state index contributed by atoms with van der Waals surface area (Å²) in [5.74, 6) is 0.779. The number of aliphatic imine (C=N–C) groups is 1. The number of nitrogen functional groups attached to an aromatic ring is 2. The Balaban J connectivity index is 1.94. The number of rotatable bonds is 5. The summed E-state index contributed by atoms with van der Waals surface area (Å²) in [5.41, 5.74) is 13.6. The van der Waals surface area contributed by atoms with Crippen LogP contribution in [0.4, 0.5) is 11.4 Å². The van der Waals surface area contributed by atoms with Crippen molar-refractivity contribution in [2.45, 2.75) is 12.8 Å². The van der Waals surface area contributed by atoms with Crippen molar-refractivity contribution in [1.29, 1.82) is 0 Å². The highest BCUT2D eigenvalue weighted by Gasteiger charge is 2.22. The van der Waals surface area contributed by atoms with Crippen molar-refractivity contribution in [2.75, 3.05) is 31.7 Å². The van der Waals surface area contributed by atoms with Gasteiger partial charge in [-0.25, -0.2) is 0 Å². The molecule has 0 saturated carbocycles. The van der Waals surface area contributed by atoms with Gasteiger partial charge < -0.3 is 21.5 Å². The Bertz CT molecular complexity index is 528. The number of carbonyl (C=O) groups is 1. The largest absolute Gasteiger partial charge is 0.495 e. The Morgan fingerprint density at radius 2 is 2.25 bits per heavy atom. The van der Waals surface area contributed by atoms with Gasteiger partial charge in [0.1, 0.15) is 5.75 Å². The van der Waals surface area contributed by atoms with Crippen molar-refractivity contribution in [3.05, 3.63) is 17.7 Å². The van der Waals surface area contributed by atoms with Gasteiger partial charge in [-0.15, -0.1) is 0 Å². The molecule has 0 spiro atoms. The van der Waals surface area contributed by atoms with E-state index in [1.165, 1.54) is 0 Å². The van der Waals surface area contributed by atoms with Crippen LogP contribution in [0, 0.1) is 5.92 Å². The van der Waals surface area contributed by atoms with Gasteiger partial charge in [0.15, 0.2) is 0 Å². The zero-order chi connectivity index (χ0) is 14.5. The fraction of sp³-hybridized carbons (Fsp3) is 0.429. The summed E-state index contributed by atoms with van der Waals surface area (Å²) in [6.45, 7) is 1.37. The highest BCUT2D eigenvalue weighted by Crippen LogP contribution is 2.26. The second-order valence-corrected chi connectivity index (χ2v) is 4.82. The molecule has 108 valence electrons. The number of amides is 1. The zero-order valence-electron chi connectivity index (χ0n) is 11.6. The molecule has 6 heteroatoms. The first-order chi connectivity index (χ1) is 9.61. The van der Waals surface area contributed by atoms with Gasteiger partial charge in [-0.1, -0.05) is 0 Å². The van der Waals surface area contributed by atoms with Crippen LogP contribution in [0.25, 0.3) is 0 Å². The molecule has 5 N–H and O–H groups in total. The average molecular weight is 276 g/mol. The molecule has 2 rings (SSSR count). The SMILES string of the molecule is COc1cc(N)c(C=NCCC2CCNC2=O)cc1N. The molecule has 1 atom stereocenters. The van der Waals surface area contributed by atoms with Crippen molar-refractivity contribution < 1.29 is 9.53 Å². The van der Waals surface area contributed by atoms with Crippen LogP contribution in [-0.2, 0) is 4.79 Å². The Morgan fingerprint density at radius 3 is 2.90 bits per heavy atom. The van der Waals surface area contributed by atoms with Crippen molar-refractivity contribution in [3.8, 4) is 5.75 Å². The molecule has 0 radical (unpaired) electrons. The molecule has 1 aliphatic rings. The normalized spacial score (nSPS) is 18.4. The highest BCUT2D eigenvalue weighted by molar-refractivity contribution is 5.89. The summed E-state index contributed by atoms with van der Waals surface area (Å²) in [6.07, 6.45) is 3.35. The molecule has 20 heavy (non-hydrogen) atoms. The third-order valence-electron chi connectivity index (χ3n) is 3.44. The zero-order valence-corrected chi connectivity index (χ0v) is 11.6. The molecule has 1 aliphatic heterocycles. The lowest BCUT2D eigenvalue weighted by Gasteiger charge is -2.08. The number of hydrogen-bond acceptors (Lipinski definition) is 5. The number of nitrogens with two attached hydrogens (primary N) is 2. The van der Waals surface area contributed by atoms with E-state index in [2.05, 4.69) is 10.3 Å². The number of methoxy groups -OCH3 is 1. The van der Waals surface area contributed by atoms with E-state index < -0.39 is 0 Å². The lowest BCUT2D eigenvalue weighted by molar-refractivity contribution is -0.122. The Labute approximate surface area is 118 Å². The van der Waals surface area contributed by atoms with Gasteiger partial charge in [0.05, 0.1) is 12.8 Å². The number of carbonyl (C=O) groups excluding carboxylic acids is 1. The molecule has 0 aromatic heterocycles. The van der Waals surface area contributed by atoms with E-state index >= 15 is 0 Å². The second kappa shape index (κ2) is 6.27. The van der Waals surface area contributed by atoms with Crippen molar-refractivity contribution in [1.82, 2.24) is 5.32 Å². The first-order valence-corrected chi connectivity index (χ1v) is 6.62. The number of hydrogen-bond donors (Lipinski definition) is 3. The van der Waals surface area contributed by atoms with E-state index in [4.69, 9.17) is 16.2 Å². The number of nitrogens with zero attached hydrogens (tertiary/aromatic N) is 1. The van der Waals surface area contributed by atoms with Crippen LogP contribution in [0.3, 0.4) is 0 Å². The molecule has 1 saturated heterocycles. The standard InChI is InChI=1S/C14H20N4O2/c1-20-13-7-11(15)10(6-12(13)16)8-17-4-2-9-3-5-18-14(9)19/h6-9H,2-5,15-16H2,1H3,(H,18,19). The molecule has 1 aromatic rings. The van der Waals surface area contributed by atoms with Crippen LogP contribution in [0.5, 0.6) is 5.75 Å². The van der Waals surface area contributed by atoms with E-state index in [1.54, 1.807) is 25.5 Å². The lowest BCUT2D eigenvalue weighted by atomic mass is 10.0. The highest BCUT2D eigenvalue weighted by atomic mass is 16.5. The number of anilines is 2. The van der Waals surface area contributed by atoms with Crippen LogP contribution in [0.15, 0.2) is 17.1 Å². The Morgan fingerprint density at radius 1 is 1.45 bits per heavy atom. The van der Waals surface area contributed by atoms with E-state index in [-0.39, 0.29) is 11.8 Å². The maximum absolute atomic E-state index is 11.4. The van der Waals surface area contributed by atoms with E-state index in [9.17, 15) is 4.79 Å². The molecule has 1 unspecified atom stereocenters.